The Morgan fingerprint density at radius 1 is 1.21 bits per heavy atom. The summed E-state index contributed by atoms with van der Waals surface area (Å²) in [7, 11) is 1.59. The van der Waals surface area contributed by atoms with Crippen LogP contribution in [0.1, 0.15) is 0 Å². The van der Waals surface area contributed by atoms with Gasteiger partial charge in [-0.2, -0.15) is 0 Å². The molecule has 1 aliphatic rings. The third-order valence-electron chi connectivity index (χ3n) is 2.06. The maximum absolute atomic E-state index is 5.34. The fraction of sp³-hybridized carbons (Fsp3) is 0. The van der Waals surface area contributed by atoms with Gasteiger partial charge in [-0.3, -0.25) is 4.48 Å². The van der Waals surface area contributed by atoms with Gasteiger partial charge in [0.25, 0.3) is 0 Å². The molecule has 0 fully saturated rings. The van der Waals surface area contributed by atoms with Gasteiger partial charge in [0.2, 0.25) is 5.88 Å². The predicted octanol–water partition coefficient (Wildman–Crippen LogP) is 0.206. The first-order valence-electron chi connectivity index (χ1n) is 4.27. The molecular weight excluding hydrogens is 177 g/mol. The van der Waals surface area contributed by atoms with E-state index in [4.69, 9.17) is 4.65 Å². The highest BCUT2D eigenvalue weighted by atomic mass is 16.4. The largest absolute Gasteiger partial charge is 0.681 e. The minimum absolute atomic E-state index is 0.603. The van der Waals surface area contributed by atoms with E-state index in [1.54, 1.807) is 20.0 Å². The van der Waals surface area contributed by atoms with Gasteiger partial charge in [-0.15, -0.1) is 0 Å². The van der Waals surface area contributed by atoms with Crippen molar-refractivity contribution < 1.29 is 9.13 Å². The van der Waals surface area contributed by atoms with Crippen LogP contribution >= 0.6 is 0 Å². The smallest absolute Gasteiger partial charge is 0.507 e. The van der Waals surface area contributed by atoms with Gasteiger partial charge < -0.3 is 4.65 Å². The highest BCUT2D eigenvalue weighted by molar-refractivity contribution is 6.18. The molecule has 0 N–H and O–H groups in total. The third-order valence-corrected chi connectivity index (χ3v) is 2.06. The molecule has 1 aliphatic heterocycles. The summed E-state index contributed by atoms with van der Waals surface area (Å²) in [4.78, 5) is 8.38. The summed E-state index contributed by atoms with van der Waals surface area (Å²) in [5.41, 5.74) is 0.913. The molecule has 0 atom stereocenters. The third kappa shape index (κ3) is 0.986. The van der Waals surface area contributed by atoms with Crippen molar-refractivity contribution in [3.05, 3.63) is 36.8 Å². The minimum atomic E-state index is 0.603. The summed E-state index contributed by atoms with van der Waals surface area (Å²) >= 11 is 0. The second-order valence-electron chi connectivity index (χ2n) is 2.93. The van der Waals surface area contributed by atoms with Crippen LogP contribution in [0.15, 0.2) is 36.8 Å². The molecule has 0 aliphatic carbocycles. The summed E-state index contributed by atoms with van der Waals surface area (Å²) in [6.45, 7) is 0. The molecule has 5 heteroatoms. The van der Waals surface area contributed by atoms with Crippen molar-refractivity contribution in [2.75, 3.05) is 0 Å². The molecule has 3 heterocycles. The highest BCUT2D eigenvalue weighted by Crippen LogP contribution is 2.24. The second kappa shape index (κ2) is 2.80. The van der Waals surface area contributed by atoms with Crippen molar-refractivity contribution in [1.29, 1.82) is 0 Å². The molecule has 4 nitrogen and oxygen atoms in total. The van der Waals surface area contributed by atoms with Gasteiger partial charge in [0.15, 0.2) is 0 Å². The number of nitrogens with zero attached hydrogens (tertiary/aromatic N) is 3. The Bertz CT molecular complexity index is 443. The zero-order valence-corrected chi connectivity index (χ0v) is 7.29. The van der Waals surface area contributed by atoms with Crippen molar-refractivity contribution in [2.24, 2.45) is 0 Å². The molecule has 2 aromatic heterocycles. The van der Waals surface area contributed by atoms with Crippen LogP contribution in [0.25, 0.3) is 11.4 Å². The summed E-state index contributed by atoms with van der Waals surface area (Å²) in [5, 5.41) is 0. The Hall–Kier alpha value is -1.91. The van der Waals surface area contributed by atoms with E-state index < -0.39 is 0 Å². The van der Waals surface area contributed by atoms with Crippen molar-refractivity contribution in [1.82, 2.24) is 9.97 Å². The number of hydrogen-bond acceptors (Lipinski definition) is 3. The van der Waals surface area contributed by atoms with Crippen LogP contribution in [-0.2, 0) is 0 Å². The van der Waals surface area contributed by atoms with Gasteiger partial charge in [0.05, 0.1) is 6.20 Å². The molecule has 0 bridgehead atoms. The quantitative estimate of drug-likeness (QED) is 0.547. The van der Waals surface area contributed by atoms with Crippen molar-refractivity contribution in [3.63, 3.8) is 0 Å². The first-order valence-corrected chi connectivity index (χ1v) is 4.27. The molecule has 0 saturated heterocycles. The number of fused-ring (bicyclic) bond motifs is 3. The monoisotopic (exact) mass is 183 g/mol. The van der Waals surface area contributed by atoms with Crippen LogP contribution in [0, 0.1) is 0 Å². The number of pyridine rings is 1. The fourth-order valence-electron chi connectivity index (χ4n) is 1.44. The van der Waals surface area contributed by atoms with Crippen molar-refractivity contribution in [2.45, 2.75) is 0 Å². The van der Waals surface area contributed by atoms with E-state index in [0.29, 0.717) is 5.88 Å². The summed E-state index contributed by atoms with van der Waals surface area (Å²) < 4.78 is 7.16. The lowest BCUT2D eigenvalue weighted by Gasteiger charge is -2.11. The van der Waals surface area contributed by atoms with Gasteiger partial charge in [-0.1, -0.05) is 4.98 Å². The van der Waals surface area contributed by atoms with E-state index in [1.165, 1.54) is 0 Å². The minimum Gasteiger partial charge on any atom is -0.507 e. The Labute approximate surface area is 81.5 Å². The van der Waals surface area contributed by atoms with Crippen LogP contribution in [0.5, 0.6) is 5.88 Å². The topological polar surface area (TPSA) is 38.9 Å². The van der Waals surface area contributed by atoms with Crippen LogP contribution in [0.3, 0.4) is 0 Å². The molecule has 0 saturated carbocycles. The van der Waals surface area contributed by atoms with Gasteiger partial charge in [0, 0.05) is 12.3 Å². The molecule has 14 heavy (non-hydrogen) atoms. The molecule has 0 amide bonds. The van der Waals surface area contributed by atoms with Gasteiger partial charge in [0.1, 0.15) is 11.8 Å². The molecule has 0 unspecified atom stereocenters. The summed E-state index contributed by atoms with van der Waals surface area (Å²) in [6.07, 6.45) is 5.34. The van der Waals surface area contributed by atoms with E-state index in [1.807, 2.05) is 28.9 Å². The van der Waals surface area contributed by atoms with E-state index >= 15 is 0 Å². The van der Waals surface area contributed by atoms with Crippen molar-refractivity contribution in [3.8, 4) is 17.3 Å². The Balaban J connectivity index is 2.29. The zero-order valence-electron chi connectivity index (χ0n) is 7.29. The molecule has 2 aromatic rings. The molecule has 3 rings (SSSR count). The van der Waals surface area contributed by atoms with E-state index in [0.717, 1.165) is 11.4 Å². The van der Waals surface area contributed by atoms with E-state index in [2.05, 4.69) is 9.97 Å². The molecular formula is C9H6BN3O+. The average molecular weight is 183 g/mol. The molecule has 0 spiro atoms. The predicted molar refractivity (Wildman–Crippen MR) is 49.4 cm³/mol. The van der Waals surface area contributed by atoms with Crippen molar-refractivity contribution >= 4 is 7.62 Å². The SMILES string of the molecule is [B]1Oc2ncccc2-c2nccc[n+]21. The maximum Gasteiger partial charge on any atom is 0.681 e. The Kier molecular flexibility index (Phi) is 1.50. The van der Waals surface area contributed by atoms with Gasteiger partial charge in [-0.25, -0.2) is 4.98 Å². The fourth-order valence-corrected chi connectivity index (χ4v) is 1.44. The Morgan fingerprint density at radius 3 is 3.14 bits per heavy atom. The standard InChI is InChI=1S/C9H6BN3O/c1-3-7-8-11-5-2-6-13(8)10-14-9(7)12-4-1/h1-6H/q+1. The lowest BCUT2D eigenvalue weighted by Crippen LogP contribution is -2.48. The number of aromatic nitrogens is 3. The summed E-state index contributed by atoms with van der Waals surface area (Å²) in [6, 6.07) is 5.66. The average Bonchev–Trinajstić information content (AvgIpc) is 2.29. The van der Waals surface area contributed by atoms with Crippen LogP contribution in [-0.4, -0.2) is 17.6 Å². The highest BCUT2D eigenvalue weighted by Gasteiger charge is 2.27. The lowest BCUT2D eigenvalue weighted by molar-refractivity contribution is -0.531. The normalized spacial score (nSPS) is 12.0. The second-order valence-corrected chi connectivity index (χ2v) is 2.93. The number of hydrogen-bond donors (Lipinski definition) is 0. The van der Waals surface area contributed by atoms with Crippen LogP contribution in [0.4, 0.5) is 0 Å². The first-order chi connectivity index (χ1) is 6.95. The van der Waals surface area contributed by atoms with E-state index in [9.17, 15) is 0 Å². The van der Waals surface area contributed by atoms with Gasteiger partial charge >= 0.3 is 13.4 Å². The van der Waals surface area contributed by atoms with Crippen LogP contribution in [0.2, 0.25) is 0 Å². The maximum atomic E-state index is 5.34. The zero-order chi connectivity index (χ0) is 9.38. The van der Waals surface area contributed by atoms with Crippen LogP contribution < -0.4 is 9.13 Å². The van der Waals surface area contributed by atoms with E-state index in [-0.39, 0.29) is 0 Å². The number of rotatable bonds is 0. The lowest BCUT2D eigenvalue weighted by atomic mass is 10.1. The van der Waals surface area contributed by atoms with Gasteiger partial charge in [-0.05, 0) is 12.1 Å². The molecule has 1 radical (unpaired) electrons. The summed E-state index contributed by atoms with van der Waals surface area (Å²) in [5.74, 6) is 1.45. The Morgan fingerprint density at radius 2 is 2.14 bits per heavy atom. The molecule has 65 valence electrons. The first kappa shape index (κ1) is 7.49. The molecule has 0 aromatic carbocycles.